The first kappa shape index (κ1) is 20.8. The molecule has 6 nitrogen and oxygen atoms in total. The van der Waals surface area contributed by atoms with Gasteiger partial charge in [-0.25, -0.2) is 8.78 Å². The van der Waals surface area contributed by atoms with Crippen molar-refractivity contribution in [1.82, 2.24) is 0 Å². The van der Waals surface area contributed by atoms with Crippen LogP contribution in [0, 0.1) is 22.5 Å². The number of carbonyl (C=O) groups is 1. The maximum absolute atomic E-state index is 14.5. The summed E-state index contributed by atoms with van der Waals surface area (Å²) >= 11 is 0. The molecule has 0 saturated heterocycles. The van der Waals surface area contributed by atoms with Gasteiger partial charge in [-0.2, -0.15) is 13.2 Å². The molecule has 2 aromatic rings. The molecule has 0 aliphatic heterocycles. The zero-order valence-corrected chi connectivity index (χ0v) is 14.3. The molecule has 1 amide bonds. The van der Waals surface area contributed by atoms with E-state index in [4.69, 9.17) is 16.6 Å². The minimum atomic E-state index is -4.98. The highest BCUT2D eigenvalue weighted by Gasteiger charge is 2.36. The lowest BCUT2D eigenvalue weighted by Gasteiger charge is -2.14. The Morgan fingerprint density at radius 3 is 2.39 bits per heavy atom. The zero-order valence-electron chi connectivity index (χ0n) is 14.3. The fraction of sp³-hybridized carbons (Fsp3) is 0.118. The van der Waals surface area contributed by atoms with E-state index < -0.39 is 40.6 Å². The average Bonchev–Trinajstić information content (AvgIpc) is 2.61. The number of alkyl halides is 3. The molecular formula is C17H14F5N5O. The molecule has 0 aliphatic rings. The van der Waals surface area contributed by atoms with Crippen LogP contribution in [0.15, 0.2) is 24.3 Å². The Hall–Kier alpha value is -3.50. The molecule has 0 fully saturated rings. The third-order valence-electron chi connectivity index (χ3n) is 3.76. The van der Waals surface area contributed by atoms with Crippen molar-refractivity contribution in [2.24, 2.45) is 0 Å². The number of hydrogen-bond donors (Lipinski definition) is 5. The number of halogens is 5. The molecule has 0 radical (unpaired) electrons. The largest absolute Gasteiger partial charge is 0.433 e. The number of carbonyl (C=O) groups excluding carboxylic acids is 1. The number of anilines is 3. The number of rotatable bonds is 5. The number of nitrogen functional groups attached to an aromatic ring is 1. The standard InChI is InChI=1S/C17H14F5N5O/c1-26-12-5-10(18)13(14(19)9(12)6-23)16(28)27-7-2-3-11(24)8(4-7)15(25)17(20,21)22/h2-6,23,25-26H,24H2,1H3,(H,27,28). The summed E-state index contributed by atoms with van der Waals surface area (Å²) in [5.74, 6) is -3.82. The third kappa shape index (κ3) is 3.92. The number of nitrogens with two attached hydrogens (primary N) is 1. The number of benzene rings is 2. The van der Waals surface area contributed by atoms with E-state index in [1.165, 1.54) is 7.05 Å². The fourth-order valence-electron chi connectivity index (χ4n) is 2.39. The van der Waals surface area contributed by atoms with E-state index in [1.807, 2.05) is 0 Å². The van der Waals surface area contributed by atoms with Gasteiger partial charge < -0.3 is 21.8 Å². The lowest BCUT2D eigenvalue weighted by Crippen LogP contribution is -2.24. The van der Waals surface area contributed by atoms with Crippen molar-refractivity contribution >= 4 is 34.9 Å². The van der Waals surface area contributed by atoms with Gasteiger partial charge in [0.25, 0.3) is 5.91 Å². The lowest BCUT2D eigenvalue weighted by molar-refractivity contribution is -0.0587. The molecule has 0 bridgehead atoms. The Morgan fingerprint density at radius 2 is 1.86 bits per heavy atom. The molecule has 148 valence electrons. The van der Waals surface area contributed by atoms with Crippen LogP contribution in [0.25, 0.3) is 0 Å². The van der Waals surface area contributed by atoms with E-state index in [0.717, 1.165) is 24.3 Å². The van der Waals surface area contributed by atoms with Crippen molar-refractivity contribution in [3.63, 3.8) is 0 Å². The van der Waals surface area contributed by atoms with Crippen LogP contribution in [0.2, 0.25) is 0 Å². The van der Waals surface area contributed by atoms with E-state index >= 15 is 0 Å². The summed E-state index contributed by atoms with van der Waals surface area (Å²) in [5, 5.41) is 18.9. The Labute approximate surface area is 155 Å². The second-order valence-electron chi connectivity index (χ2n) is 5.53. The monoisotopic (exact) mass is 399 g/mol. The van der Waals surface area contributed by atoms with Gasteiger partial charge in [0.05, 0.1) is 5.56 Å². The van der Waals surface area contributed by atoms with Gasteiger partial charge in [0.15, 0.2) is 0 Å². The molecule has 0 unspecified atom stereocenters. The predicted molar refractivity (Wildman–Crippen MR) is 95.5 cm³/mol. The van der Waals surface area contributed by atoms with Gasteiger partial charge >= 0.3 is 6.18 Å². The molecule has 0 spiro atoms. The second kappa shape index (κ2) is 7.62. The summed E-state index contributed by atoms with van der Waals surface area (Å²) in [4.78, 5) is 12.3. The van der Waals surface area contributed by atoms with Crippen molar-refractivity contribution in [2.45, 2.75) is 6.18 Å². The van der Waals surface area contributed by atoms with Crippen LogP contribution in [0.5, 0.6) is 0 Å². The van der Waals surface area contributed by atoms with Crippen molar-refractivity contribution in [3.05, 3.63) is 52.6 Å². The van der Waals surface area contributed by atoms with Crippen molar-refractivity contribution in [2.75, 3.05) is 23.4 Å². The molecule has 0 saturated carbocycles. The minimum absolute atomic E-state index is 0.0602. The lowest BCUT2D eigenvalue weighted by atomic mass is 10.0. The molecule has 0 aromatic heterocycles. The van der Waals surface area contributed by atoms with E-state index in [1.54, 1.807) is 0 Å². The number of amides is 1. The van der Waals surface area contributed by atoms with Gasteiger partial charge in [-0.15, -0.1) is 0 Å². The van der Waals surface area contributed by atoms with Crippen molar-refractivity contribution in [3.8, 4) is 0 Å². The number of nitrogens with one attached hydrogen (secondary N) is 4. The van der Waals surface area contributed by atoms with Gasteiger partial charge in [-0.3, -0.25) is 10.2 Å². The van der Waals surface area contributed by atoms with Gasteiger partial charge in [0.1, 0.15) is 22.9 Å². The van der Waals surface area contributed by atoms with Crippen LogP contribution in [-0.2, 0) is 0 Å². The van der Waals surface area contributed by atoms with E-state index in [-0.39, 0.29) is 22.6 Å². The van der Waals surface area contributed by atoms with Crippen LogP contribution in [0.1, 0.15) is 21.5 Å². The maximum Gasteiger partial charge on any atom is 0.433 e. The van der Waals surface area contributed by atoms with E-state index in [0.29, 0.717) is 6.21 Å². The van der Waals surface area contributed by atoms with Crippen LogP contribution >= 0.6 is 0 Å². The Bertz CT molecular complexity index is 971. The Balaban J connectivity index is 2.44. The smallest absolute Gasteiger partial charge is 0.398 e. The Kier molecular flexibility index (Phi) is 5.67. The van der Waals surface area contributed by atoms with Crippen LogP contribution < -0.4 is 16.4 Å². The highest BCUT2D eigenvalue weighted by atomic mass is 19.4. The average molecular weight is 399 g/mol. The Morgan fingerprint density at radius 1 is 1.21 bits per heavy atom. The molecule has 2 rings (SSSR count). The van der Waals surface area contributed by atoms with E-state index in [9.17, 15) is 26.7 Å². The van der Waals surface area contributed by atoms with Gasteiger partial charge in [0, 0.05) is 35.9 Å². The topological polar surface area (TPSA) is 115 Å². The quantitative estimate of drug-likeness (QED) is 0.299. The molecule has 0 aliphatic carbocycles. The minimum Gasteiger partial charge on any atom is -0.398 e. The van der Waals surface area contributed by atoms with Crippen molar-refractivity contribution < 1.29 is 26.7 Å². The van der Waals surface area contributed by atoms with Crippen LogP contribution in [0.3, 0.4) is 0 Å². The predicted octanol–water partition coefficient (Wildman–Crippen LogP) is 3.77. The third-order valence-corrected chi connectivity index (χ3v) is 3.76. The second-order valence-corrected chi connectivity index (χ2v) is 5.53. The van der Waals surface area contributed by atoms with Gasteiger partial charge in [-0.05, 0) is 24.3 Å². The highest BCUT2D eigenvalue weighted by Crippen LogP contribution is 2.28. The molecule has 28 heavy (non-hydrogen) atoms. The normalized spacial score (nSPS) is 11.1. The molecule has 0 heterocycles. The fourth-order valence-corrected chi connectivity index (χ4v) is 2.39. The zero-order chi connectivity index (χ0) is 21.2. The summed E-state index contributed by atoms with van der Waals surface area (Å²) < 4.78 is 66.9. The van der Waals surface area contributed by atoms with Gasteiger partial charge in [-0.1, -0.05) is 0 Å². The maximum atomic E-state index is 14.5. The first-order valence-corrected chi connectivity index (χ1v) is 7.58. The first-order valence-electron chi connectivity index (χ1n) is 7.58. The molecule has 6 N–H and O–H groups in total. The molecule has 0 atom stereocenters. The first-order chi connectivity index (χ1) is 13.0. The molecule has 11 heteroatoms. The molecule has 2 aromatic carbocycles. The van der Waals surface area contributed by atoms with Crippen molar-refractivity contribution in [1.29, 1.82) is 10.8 Å². The van der Waals surface area contributed by atoms with E-state index in [2.05, 4.69) is 10.6 Å². The highest BCUT2D eigenvalue weighted by molar-refractivity contribution is 6.09. The van der Waals surface area contributed by atoms with Crippen LogP contribution in [0.4, 0.5) is 39.0 Å². The summed E-state index contributed by atoms with van der Waals surface area (Å²) in [6.07, 6.45) is -4.39. The summed E-state index contributed by atoms with van der Waals surface area (Å²) in [6, 6.07) is 3.73. The van der Waals surface area contributed by atoms with Gasteiger partial charge in [0.2, 0.25) is 0 Å². The summed E-state index contributed by atoms with van der Waals surface area (Å²) in [5.41, 5.74) is 0.956. The number of hydrogen-bond acceptors (Lipinski definition) is 5. The molecular weight excluding hydrogens is 385 g/mol. The summed E-state index contributed by atoms with van der Waals surface area (Å²) in [7, 11) is 1.37. The SMILES string of the molecule is CNc1cc(F)c(C(=O)Nc2ccc(N)c(C(=N)C(F)(F)F)c2)c(F)c1C=N. The van der Waals surface area contributed by atoms with Crippen LogP contribution in [-0.4, -0.2) is 31.1 Å². The summed E-state index contributed by atoms with van der Waals surface area (Å²) in [6.45, 7) is 0.